The Bertz CT molecular complexity index is 844. The maximum absolute atomic E-state index is 12.6. The summed E-state index contributed by atoms with van der Waals surface area (Å²) in [5.74, 6) is 0.328. The number of amides is 1. The first kappa shape index (κ1) is 17.5. The molecule has 8 heteroatoms. The Morgan fingerprint density at radius 2 is 2.15 bits per heavy atom. The zero-order valence-electron chi connectivity index (χ0n) is 14.6. The molecule has 1 amide bonds. The molecule has 0 unspecified atom stereocenters. The molecule has 3 heterocycles. The second-order valence-corrected chi connectivity index (χ2v) is 8.54. The van der Waals surface area contributed by atoms with Gasteiger partial charge in [0.25, 0.3) is 15.9 Å². The summed E-state index contributed by atoms with van der Waals surface area (Å²) >= 11 is 0. The Hall–Kier alpha value is -1.93. The van der Waals surface area contributed by atoms with Gasteiger partial charge in [-0.1, -0.05) is 6.42 Å². The van der Waals surface area contributed by atoms with Crippen molar-refractivity contribution in [1.82, 2.24) is 5.32 Å². The number of hydrogen-bond donors (Lipinski definition) is 1. The first-order valence-corrected chi connectivity index (χ1v) is 10.6. The summed E-state index contributed by atoms with van der Waals surface area (Å²) < 4.78 is 34.7. The number of carbonyl (C=O) groups excluding carboxylic acids is 1. The lowest BCUT2D eigenvalue weighted by molar-refractivity contribution is 0.0857. The number of nitrogens with one attached hydrogen (secondary N) is 1. The molecule has 0 saturated carbocycles. The summed E-state index contributed by atoms with van der Waals surface area (Å²) in [6, 6.07) is 4.86. The average molecular weight is 377 g/mol. The minimum atomic E-state index is -3.77. The van der Waals surface area contributed by atoms with Crippen LogP contribution in [0.2, 0.25) is 0 Å². The van der Waals surface area contributed by atoms with Gasteiger partial charge in [-0.25, -0.2) is 0 Å². The lowest BCUT2D eigenvalue weighted by Gasteiger charge is -2.29. The van der Waals surface area contributed by atoms with Crippen LogP contribution in [-0.2, 0) is 14.8 Å². The summed E-state index contributed by atoms with van der Waals surface area (Å²) in [6.07, 6.45) is 5.67. The van der Waals surface area contributed by atoms with Gasteiger partial charge in [0.15, 0.2) is 0 Å². The molecule has 1 atom stereocenters. The zero-order valence-corrected chi connectivity index (χ0v) is 15.4. The highest BCUT2D eigenvalue weighted by Gasteiger charge is 2.32. The van der Waals surface area contributed by atoms with Crippen LogP contribution in [0.4, 0.5) is 5.69 Å². The molecule has 140 valence electrons. The molecule has 7 nitrogen and oxygen atoms in total. The van der Waals surface area contributed by atoms with Gasteiger partial charge in [0, 0.05) is 31.7 Å². The number of amidine groups is 1. The van der Waals surface area contributed by atoms with Crippen molar-refractivity contribution in [2.75, 3.05) is 24.6 Å². The molecule has 2 fully saturated rings. The van der Waals surface area contributed by atoms with Crippen LogP contribution in [-0.4, -0.2) is 46.0 Å². The van der Waals surface area contributed by atoms with Crippen LogP contribution in [0.15, 0.2) is 27.5 Å². The number of rotatable bonds is 3. The third-order valence-electron chi connectivity index (χ3n) is 5.12. The second-order valence-electron chi connectivity index (χ2n) is 6.97. The summed E-state index contributed by atoms with van der Waals surface area (Å²) in [4.78, 5) is 14.5. The van der Waals surface area contributed by atoms with Crippen molar-refractivity contribution >= 4 is 27.5 Å². The molecular weight excluding hydrogens is 354 g/mol. The van der Waals surface area contributed by atoms with Crippen LogP contribution in [0.1, 0.15) is 48.9 Å². The Labute approximate surface area is 153 Å². The normalized spacial score (nSPS) is 24.2. The third kappa shape index (κ3) is 3.35. The van der Waals surface area contributed by atoms with Crippen molar-refractivity contribution in [2.45, 2.75) is 49.5 Å². The Morgan fingerprint density at radius 3 is 2.96 bits per heavy atom. The van der Waals surface area contributed by atoms with Crippen LogP contribution in [0.5, 0.6) is 0 Å². The van der Waals surface area contributed by atoms with E-state index in [1.165, 1.54) is 6.07 Å². The molecule has 1 N–H and O–H groups in total. The van der Waals surface area contributed by atoms with E-state index in [9.17, 15) is 13.2 Å². The van der Waals surface area contributed by atoms with Crippen molar-refractivity contribution in [1.29, 1.82) is 0 Å². The van der Waals surface area contributed by atoms with Gasteiger partial charge in [-0.15, -0.1) is 4.40 Å². The van der Waals surface area contributed by atoms with E-state index in [4.69, 9.17) is 4.74 Å². The van der Waals surface area contributed by atoms with Crippen molar-refractivity contribution in [3.05, 3.63) is 23.8 Å². The largest absolute Gasteiger partial charge is 0.376 e. The van der Waals surface area contributed by atoms with E-state index in [0.29, 0.717) is 30.1 Å². The van der Waals surface area contributed by atoms with E-state index < -0.39 is 10.0 Å². The maximum atomic E-state index is 12.6. The number of ether oxygens (including phenoxy) is 1. The standard InChI is InChI=1S/C18H23N3O4S/c22-18(19-12-14-5-4-10-25-14)13-7-8-15-16(11-13)26(23,24)20-17-6-2-1-3-9-21(15)17/h7-8,11,14H,1-6,9-10,12H2,(H,19,22)/t14-/m1/s1. The fourth-order valence-electron chi connectivity index (χ4n) is 3.74. The van der Waals surface area contributed by atoms with Crippen molar-refractivity contribution in [3.8, 4) is 0 Å². The smallest absolute Gasteiger partial charge is 0.286 e. The Balaban J connectivity index is 1.59. The highest BCUT2D eigenvalue weighted by molar-refractivity contribution is 7.90. The molecule has 0 aromatic heterocycles. The summed E-state index contributed by atoms with van der Waals surface area (Å²) in [6.45, 7) is 1.93. The SMILES string of the molecule is O=C(NC[C@H]1CCCO1)c1ccc2c(c1)S(=O)(=O)N=C1CCCCCN12. The van der Waals surface area contributed by atoms with Crippen LogP contribution in [0.25, 0.3) is 0 Å². The minimum absolute atomic E-state index is 0.0459. The van der Waals surface area contributed by atoms with E-state index in [1.807, 2.05) is 4.90 Å². The fraction of sp³-hybridized carbons (Fsp3) is 0.556. The van der Waals surface area contributed by atoms with E-state index in [0.717, 1.165) is 45.3 Å². The lowest BCUT2D eigenvalue weighted by Crippen LogP contribution is -2.36. The number of anilines is 1. The number of nitrogens with zero attached hydrogens (tertiary/aromatic N) is 2. The molecule has 1 aromatic rings. The molecule has 0 bridgehead atoms. The monoisotopic (exact) mass is 377 g/mol. The highest BCUT2D eigenvalue weighted by Crippen LogP contribution is 2.34. The molecule has 0 radical (unpaired) electrons. The third-order valence-corrected chi connectivity index (χ3v) is 6.46. The van der Waals surface area contributed by atoms with Crippen molar-refractivity contribution < 1.29 is 17.9 Å². The molecule has 3 aliphatic rings. The van der Waals surface area contributed by atoms with E-state index >= 15 is 0 Å². The molecule has 0 spiro atoms. The number of fused-ring (bicyclic) bond motifs is 3. The minimum Gasteiger partial charge on any atom is -0.376 e. The molecular formula is C18H23N3O4S. The predicted octanol–water partition coefficient (Wildman–Crippen LogP) is 2.08. The van der Waals surface area contributed by atoms with Gasteiger partial charge < -0.3 is 15.0 Å². The van der Waals surface area contributed by atoms with Crippen LogP contribution in [0.3, 0.4) is 0 Å². The van der Waals surface area contributed by atoms with Gasteiger partial charge >= 0.3 is 0 Å². The maximum Gasteiger partial charge on any atom is 0.286 e. The quantitative estimate of drug-likeness (QED) is 0.871. The van der Waals surface area contributed by atoms with Crippen LogP contribution in [0, 0.1) is 0 Å². The first-order valence-electron chi connectivity index (χ1n) is 9.20. The molecule has 1 aromatic carbocycles. The first-order chi connectivity index (χ1) is 12.5. The van der Waals surface area contributed by atoms with Crippen LogP contribution >= 0.6 is 0 Å². The topological polar surface area (TPSA) is 88.1 Å². The summed E-state index contributed by atoms with van der Waals surface area (Å²) in [7, 11) is -3.77. The molecule has 0 aliphatic carbocycles. The molecule has 3 aliphatic heterocycles. The van der Waals surface area contributed by atoms with E-state index in [2.05, 4.69) is 9.71 Å². The second kappa shape index (κ2) is 7.00. The number of hydrogen-bond acceptors (Lipinski definition) is 5. The Kier molecular flexibility index (Phi) is 4.71. The Morgan fingerprint density at radius 1 is 1.27 bits per heavy atom. The average Bonchev–Trinajstić information content (AvgIpc) is 3.04. The number of sulfonamides is 1. The number of benzene rings is 1. The summed E-state index contributed by atoms with van der Waals surface area (Å²) in [5.41, 5.74) is 0.964. The zero-order chi connectivity index (χ0) is 18.1. The van der Waals surface area contributed by atoms with Gasteiger partial charge in [0.05, 0.1) is 11.8 Å². The number of carbonyl (C=O) groups is 1. The molecule has 2 saturated heterocycles. The lowest BCUT2D eigenvalue weighted by atomic mass is 10.1. The van der Waals surface area contributed by atoms with Gasteiger partial charge in [0.2, 0.25) is 0 Å². The van der Waals surface area contributed by atoms with Crippen LogP contribution < -0.4 is 10.2 Å². The van der Waals surface area contributed by atoms with E-state index in [1.54, 1.807) is 12.1 Å². The van der Waals surface area contributed by atoms with Crippen molar-refractivity contribution in [3.63, 3.8) is 0 Å². The van der Waals surface area contributed by atoms with Gasteiger partial charge in [-0.2, -0.15) is 8.42 Å². The molecule has 4 rings (SSSR count). The summed E-state index contributed by atoms with van der Waals surface area (Å²) in [5, 5.41) is 2.83. The highest BCUT2D eigenvalue weighted by atomic mass is 32.2. The predicted molar refractivity (Wildman–Crippen MR) is 98.2 cm³/mol. The molecule has 26 heavy (non-hydrogen) atoms. The van der Waals surface area contributed by atoms with Crippen molar-refractivity contribution in [2.24, 2.45) is 4.40 Å². The van der Waals surface area contributed by atoms with Gasteiger partial charge in [-0.05, 0) is 43.9 Å². The van der Waals surface area contributed by atoms with Gasteiger partial charge in [-0.3, -0.25) is 4.79 Å². The van der Waals surface area contributed by atoms with E-state index in [-0.39, 0.29) is 16.9 Å². The van der Waals surface area contributed by atoms with Gasteiger partial charge in [0.1, 0.15) is 10.7 Å². The fourth-order valence-corrected chi connectivity index (χ4v) is 5.02.